The zero-order valence-electron chi connectivity index (χ0n) is 9.13. The summed E-state index contributed by atoms with van der Waals surface area (Å²) in [6.45, 7) is 3.27. The number of carboxylic acids is 2. The normalized spacial score (nSPS) is 34.4. The van der Waals surface area contributed by atoms with Gasteiger partial charge >= 0.3 is 6.03 Å². The van der Waals surface area contributed by atoms with Crippen molar-refractivity contribution in [1.29, 1.82) is 0 Å². The van der Waals surface area contributed by atoms with Crippen LogP contribution in [0.4, 0.5) is 4.79 Å². The van der Waals surface area contributed by atoms with E-state index in [9.17, 15) is 24.6 Å². The summed E-state index contributed by atoms with van der Waals surface area (Å²) in [4.78, 5) is 34.5. The number of carbonyl (C=O) groups is 3. The van der Waals surface area contributed by atoms with Gasteiger partial charge in [-0.1, -0.05) is 0 Å². The van der Waals surface area contributed by atoms with Crippen LogP contribution < -0.4 is 15.5 Å². The van der Waals surface area contributed by atoms with E-state index in [1.54, 1.807) is 13.8 Å². The van der Waals surface area contributed by atoms with Crippen molar-refractivity contribution in [2.75, 3.05) is 0 Å². The summed E-state index contributed by atoms with van der Waals surface area (Å²) in [7, 11) is 0. The molecule has 0 aromatic carbocycles. The van der Waals surface area contributed by atoms with E-state index in [1.807, 2.05) is 0 Å². The lowest BCUT2D eigenvalue weighted by Crippen LogP contribution is -2.54. The summed E-state index contributed by atoms with van der Waals surface area (Å²) in [5.74, 6) is -2.81. The van der Waals surface area contributed by atoms with Crippen LogP contribution in [0.3, 0.4) is 0 Å². The molecule has 7 nitrogen and oxygen atoms in total. The molecule has 0 unspecified atom stereocenters. The minimum absolute atomic E-state index is 0.712. The largest absolute Gasteiger partial charge is 0.548 e. The van der Waals surface area contributed by atoms with Gasteiger partial charge in [-0.05, 0) is 13.8 Å². The monoisotopic (exact) mass is 258 g/mol. The van der Waals surface area contributed by atoms with Crippen molar-refractivity contribution in [3.05, 3.63) is 0 Å². The molecule has 2 aliphatic rings. The zero-order chi connectivity index (χ0) is 13.0. The number of nitrogens with one attached hydrogen (secondary N) is 1. The molecule has 3 atom stereocenters. The van der Waals surface area contributed by atoms with Crippen LogP contribution in [-0.4, -0.2) is 45.1 Å². The molecule has 2 aliphatic heterocycles. The van der Waals surface area contributed by atoms with Crippen LogP contribution in [0.15, 0.2) is 0 Å². The second-order valence-electron chi connectivity index (χ2n) is 4.49. The van der Waals surface area contributed by atoms with E-state index in [-0.39, 0.29) is 0 Å². The fourth-order valence-corrected chi connectivity index (χ4v) is 3.83. The molecule has 0 radical (unpaired) electrons. The highest BCUT2D eigenvalue weighted by atomic mass is 32.2. The molecule has 17 heavy (non-hydrogen) atoms. The molecule has 2 saturated heterocycles. The highest BCUT2D eigenvalue weighted by Gasteiger charge is 2.56. The zero-order valence-corrected chi connectivity index (χ0v) is 9.95. The molecular formula is C9H10N2O5S-2. The SMILES string of the molecule is CC1(C)S[C@@H]2[C@@H](C(=O)[O-])NC(=O)N2[C@H]1C(=O)[O-]. The van der Waals surface area contributed by atoms with Gasteiger partial charge in [-0.15, -0.1) is 11.8 Å². The Morgan fingerprint density at radius 2 is 1.94 bits per heavy atom. The van der Waals surface area contributed by atoms with E-state index >= 15 is 0 Å². The second kappa shape index (κ2) is 3.52. The second-order valence-corrected chi connectivity index (χ2v) is 6.26. The number of urea groups is 1. The Labute approximate surface area is 101 Å². The van der Waals surface area contributed by atoms with E-state index in [0.29, 0.717) is 0 Å². The smallest absolute Gasteiger partial charge is 0.319 e. The number of hydrogen-bond acceptors (Lipinski definition) is 6. The maximum absolute atomic E-state index is 11.6. The summed E-state index contributed by atoms with van der Waals surface area (Å²) in [5, 5.41) is 23.3. The quantitative estimate of drug-likeness (QED) is 0.568. The van der Waals surface area contributed by atoms with Crippen LogP contribution in [0.1, 0.15) is 13.8 Å². The van der Waals surface area contributed by atoms with E-state index in [4.69, 9.17) is 0 Å². The van der Waals surface area contributed by atoms with Crippen LogP contribution >= 0.6 is 11.8 Å². The third-order valence-electron chi connectivity index (χ3n) is 2.91. The van der Waals surface area contributed by atoms with Crippen molar-refractivity contribution in [1.82, 2.24) is 10.2 Å². The molecule has 0 aromatic rings. The fourth-order valence-electron chi connectivity index (χ4n) is 2.23. The molecule has 2 amide bonds. The molecule has 94 valence electrons. The Morgan fingerprint density at radius 1 is 1.35 bits per heavy atom. The number of carboxylic acid groups (broad SMARTS) is 2. The van der Waals surface area contributed by atoms with Crippen molar-refractivity contribution >= 4 is 29.7 Å². The first-order valence-corrected chi connectivity index (χ1v) is 5.82. The first-order valence-electron chi connectivity index (χ1n) is 4.94. The summed E-state index contributed by atoms with van der Waals surface area (Å²) in [6, 6.07) is -3.06. The molecule has 0 aliphatic carbocycles. The standard InChI is InChI=1S/C9H12N2O5S/c1-9(2)4(7(14)15)11-5(17-9)3(6(12)13)10-8(11)16/h3-5H,1-2H3,(H,10,16)(H,12,13)(H,14,15)/p-2/t3-,4-,5+/m0/s1. The topological polar surface area (TPSA) is 113 Å². The molecule has 2 heterocycles. The Morgan fingerprint density at radius 3 is 2.41 bits per heavy atom. The number of fused-ring (bicyclic) bond motifs is 1. The van der Waals surface area contributed by atoms with Crippen molar-refractivity contribution in [3.63, 3.8) is 0 Å². The molecule has 0 saturated carbocycles. The van der Waals surface area contributed by atoms with Gasteiger partial charge in [0, 0.05) is 4.75 Å². The summed E-state index contributed by atoms with van der Waals surface area (Å²) in [5.41, 5.74) is 0. The number of thioether (sulfide) groups is 1. The van der Waals surface area contributed by atoms with E-state index in [1.165, 1.54) is 0 Å². The van der Waals surface area contributed by atoms with Crippen LogP contribution in [0.2, 0.25) is 0 Å². The van der Waals surface area contributed by atoms with Crippen LogP contribution in [0.5, 0.6) is 0 Å². The Balaban J connectivity index is 2.38. The van der Waals surface area contributed by atoms with Crippen molar-refractivity contribution in [3.8, 4) is 0 Å². The Kier molecular flexibility index (Phi) is 2.49. The molecule has 0 aromatic heterocycles. The van der Waals surface area contributed by atoms with E-state index < -0.39 is 40.2 Å². The summed E-state index contributed by atoms with van der Waals surface area (Å²) < 4.78 is -0.797. The highest BCUT2D eigenvalue weighted by molar-refractivity contribution is 8.01. The number of amides is 2. The van der Waals surface area contributed by atoms with Gasteiger partial charge in [-0.3, -0.25) is 0 Å². The molecule has 2 rings (SSSR count). The number of carbonyl (C=O) groups excluding carboxylic acids is 3. The van der Waals surface area contributed by atoms with Gasteiger partial charge < -0.3 is 30.0 Å². The summed E-state index contributed by atoms with van der Waals surface area (Å²) in [6.07, 6.45) is 0. The molecule has 2 fully saturated rings. The Bertz CT molecular complexity index is 410. The third-order valence-corrected chi connectivity index (χ3v) is 4.48. The maximum atomic E-state index is 11.6. The molecular weight excluding hydrogens is 248 g/mol. The minimum atomic E-state index is -1.42. The predicted octanol–water partition coefficient (Wildman–Crippen LogP) is -2.90. The fraction of sp³-hybridized carbons (Fsp3) is 0.667. The van der Waals surface area contributed by atoms with Crippen molar-refractivity contribution in [2.24, 2.45) is 0 Å². The summed E-state index contributed by atoms with van der Waals surface area (Å²) >= 11 is 1.12. The molecule has 1 N–H and O–H groups in total. The van der Waals surface area contributed by atoms with Crippen molar-refractivity contribution < 1.29 is 24.6 Å². The number of hydrogen-bond donors (Lipinski definition) is 1. The van der Waals surface area contributed by atoms with Crippen LogP contribution in [0, 0.1) is 0 Å². The van der Waals surface area contributed by atoms with Gasteiger partial charge in [0.25, 0.3) is 0 Å². The average molecular weight is 258 g/mol. The van der Waals surface area contributed by atoms with E-state index in [2.05, 4.69) is 5.32 Å². The molecule has 8 heteroatoms. The average Bonchev–Trinajstić information content (AvgIpc) is 2.59. The number of rotatable bonds is 2. The van der Waals surface area contributed by atoms with Crippen LogP contribution in [0.25, 0.3) is 0 Å². The first-order chi connectivity index (χ1) is 7.75. The maximum Gasteiger partial charge on any atom is 0.319 e. The first kappa shape index (κ1) is 12.0. The van der Waals surface area contributed by atoms with Crippen LogP contribution in [-0.2, 0) is 9.59 Å². The lowest BCUT2D eigenvalue weighted by molar-refractivity contribution is -0.313. The van der Waals surface area contributed by atoms with Gasteiger partial charge in [-0.25, -0.2) is 4.79 Å². The predicted molar refractivity (Wildman–Crippen MR) is 53.4 cm³/mol. The van der Waals surface area contributed by atoms with Gasteiger partial charge in [0.2, 0.25) is 0 Å². The van der Waals surface area contributed by atoms with Gasteiger partial charge in [-0.2, -0.15) is 0 Å². The Hall–Kier alpha value is -1.44. The number of nitrogens with zero attached hydrogens (tertiary/aromatic N) is 1. The molecule has 0 bridgehead atoms. The van der Waals surface area contributed by atoms with Gasteiger partial charge in [0.1, 0.15) is 11.4 Å². The lowest BCUT2D eigenvalue weighted by atomic mass is 10.0. The number of aliphatic carboxylic acids is 2. The lowest BCUT2D eigenvalue weighted by Gasteiger charge is -2.30. The van der Waals surface area contributed by atoms with Gasteiger partial charge in [0.05, 0.1) is 18.0 Å². The van der Waals surface area contributed by atoms with Crippen molar-refractivity contribution in [2.45, 2.75) is 36.1 Å². The molecule has 0 spiro atoms. The van der Waals surface area contributed by atoms with Gasteiger partial charge in [0.15, 0.2) is 0 Å². The highest BCUT2D eigenvalue weighted by Crippen LogP contribution is 2.47. The minimum Gasteiger partial charge on any atom is -0.548 e. The third kappa shape index (κ3) is 1.63. The van der Waals surface area contributed by atoms with E-state index in [0.717, 1.165) is 16.7 Å².